The van der Waals surface area contributed by atoms with Gasteiger partial charge in [-0.3, -0.25) is 9.48 Å². The van der Waals surface area contributed by atoms with E-state index >= 15 is 0 Å². The highest BCUT2D eigenvalue weighted by Crippen LogP contribution is 2.18. The van der Waals surface area contributed by atoms with Crippen LogP contribution < -0.4 is 11.5 Å². The number of rotatable bonds is 3. The largest absolute Gasteiger partial charge is 0.368 e. The first-order chi connectivity index (χ1) is 6.43. The lowest BCUT2D eigenvalue weighted by Gasteiger charge is -2.08. The molecular formula is C8H13ClN4O. The number of nitrogens with zero attached hydrogens (tertiary/aromatic N) is 2. The van der Waals surface area contributed by atoms with Gasteiger partial charge in [-0.15, -0.1) is 0 Å². The summed E-state index contributed by atoms with van der Waals surface area (Å²) in [6.07, 6.45) is 0. The summed E-state index contributed by atoms with van der Waals surface area (Å²) < 4.78 is 1.59. The fourth-order valence-electron chi connectivity index (χ4n) is 1.13. The van der Waals surface area contributed by atoms with Crippen molar-refractivity contribution in [3.05, 3.63) is 16.4 Å². The van der Waals surface area contributed by atoms with Crippen LogP contribution in [0.3, 0.4) is 0 Å². The van der Waals surface area contributed by atoms with Crippen LogP contribution in [0.2, 0.25) is 5.02 Å². The number of carbonyl (C=O) groups is 1. The summed E-state index contributed by atoms with van der Waals surface area (Å²) in [6.45, 7) is 3.87. The summed E-state index contributed by atoms with van der Waals surface area (Å²) in [5, 5.41) is 4.73. The molecule has 0 fully saturated rings. The van der Waals surface area contributed by atoms with Gasteiger partial charge in [0.25, 0.3) is 0 Å². The molecule has 0 saturated carbocycles. The predicted octanol–water partition coefficient (Wildman–Crippen LogP) is -0.0341. The van der Waals surface area contributed by atoms with Gasteiger partial charge in [0.15, 0.2) is 0 Å². The van der Waals surface area contributed by atoms with Gasteiger partial charge in [0.1, 0.15) is 6.04 Å². The van der Waals surface area contributed by atoms with E-state index in [4.69, 9.17) is 23.1 Å². The van der Waals surface area contributed by atoms with Crippen LogP contribution in [0, 0.1) is 13.8 Å². The molecule has 0 spiro atoms. The molecule has 0 aliphatic rings. The number of aromatic nitrogens is 2. The zero-order valence-electron chi connectivity index (χ0n) is 8.12. The third-order valence-electron chi connectivity index (χ3n) is 2.03. The third kappa shape index (κ3) is 2.05. The van der Waals surface area contributed by atoms with Crippen LogP contribution in [0.15, 0.2) is 0 Å². The van der Waals surface area contributed by atoms with E-state index in [9.17, 15) is 4.79 Å². The number of carbonyl (C=O) groups excluding carboxylic acids is 1. The standard InChI is InChI=1S/C8H13ClN4O/c1-4-7(9)5(2)13(12-4)3-6(10)8(11)14/h6H,3,10H2,1-2H3,(H2,11,14). The SMILES string of the molecule is Cc1nn(CC(N)C(N)=O)c(C)c1Cl. The Morgan fingerprint density at radius 2 is 2.21 bits per heavy atom. The number of amides is 1. The molecule has 78 valence electrons. The maximum atomic E-state index is 10.7. The van der Waals surface area contributed by atoms with E-state index in [0.717, 1.165) is 11.4 Å². The van der Waals surface area contributed by atoms with E-state index in [1.54, 1.807) is 11.6 Å². The Bertz CT molecular complexity index is 360. The van der Waals surface area contributed by atoms with Crippen LogP contribution in [0.5, 0.6) is 0 Å². The Kier molecular flexibility index (Phi) is 3.13. The highest BCUT2D eigenvalue weighted by molar-refractivity contribution is 6.31. The maximum absolute atomic E-state index is 10.7. The molecule has 0 bridgehead atoms. The monoisotopic (exact) mass is 216 g/mol. The molecule has 0 aromatic carbocycles. The smallest absolute Gasteiger partial charge is 0.236 e. The van der Waals surface area contributed by atoms with Gasteiger partial charge in [-0.1, -0.05) is 11.6 Å². The van der Waals surface area contributed by atoms with Crippen LogP contribution in [-0.4, -0.2) is 21.7 Å². The van der Waals surface area contributed by atoms with Gasteiger partial charge in [0, 0.05) is 0 Å². The van der Waals surface area contributed by atoms with Crippen molar-refractivity contribution in [1.82, 2.24) is 9.78 Å². The quantitative estimate of drug-likeness (QED) is 0.744. The Morgan fingerprint density at radius 3 is 2.57 bits per heavy atom. The van der Waals surface area contributed by atoms with Gasteiger partial charge in [0.05, 0.1) is 23.0 Å². The van der Waals surface area contributed by atoms with Gasteiger partial charge < -0.3 is 11.5 Å². The zero-order chi connectivity index (χ0) is 10.9. The summed E-state index contributed by atoms with van der Waals surface area (Å²) in [7, 11) is 0. The van der Waals surface area contributed by atoms with E-state index in [0.29, 0.717) is 5.02 Å². The molecule has 1 unspecified atom stereocenters. The molecule has 1 amide bonds. The number of hydrogen-bond acceptors (Lipinski definition) is 3. The van der Waals surface area contributed by atoms with Gasteiger partial charge in [0.2, 0.25) is 5.91 Å². The molecule has 0 radical (unpaired) electrons. The van der Waals surface area contributed by atoms with Crippen LogP contribution >= 0.6 is 11.6 Å². The molecule has 1 aromatic heterocycles. The van der Waals surface area contributed by atoms with Gasteiger partial charge in [-0.05, 0) is 13.8 Å². The van der Waals surface area contributed by atoms with Crippen LogP contribution in [0.4, 0.5) is 0 Å². The van der Waals surface area contributed by atoms with Crippen molar-refractivity contribution in [2.24, 2.45) is 11.5 Å². The van der Waals surface area contributed by atoms with Crippen molar-refractivity contribution in [2.75, 3.05) is 0 Å². The Morgan fingerprint density at radius 1 is 1.64 bits per heavy atom. The first-order valence-electron chi connectivity index (χ1n) is 4.18. The van der Waals surface area contributed by atoms with Crippen LogP contribution in [-0.2, 0) is 11.3 Å². The summed E-state index contributed by atoms with van der Waals surface area (Å²) in [4.78, 5) is 10.7. The molecule has 4 N–H and O–H groups in total. The summed E-state index contributed by atoms with van der Waals surface area (Å²) in [5.74, 6) is -0.548. The number of nitrogens with two attached hydrogens (primary N) is 2. The Balaban J connectivity index is 2.87. The number of halogens is 1. The molecule has 1 heterocycles. The van der Waals surface area contributed by atoms with E-state index in [-0.39, 0.29) is 6.54 Å². The van der Waals surface area contributed by atoms with Crippen molar-refractivity contribution < 1.29 is 4.79 Å². The summed E-state index contributed by atoms with van der Waals surface area (Å²) in [5.41, 5.74) is 12.1. The second kappa shape index (κ2) is 3.98. The fourth-order valence-corrected chi connectivity index (χ4v) is 1.26. The van der Waals surface area contributed by atoms with Crippen molar-refractivity contribution >= 4 is 17.5 Å². The first kappa shape index (κ1) is 11.0. The minimum Gasteiger partial charge on any atom is -0.368 e. The molecule has 1 rings (SSSR count). The summed E-state index contributed by atoms with van der Waals surface area (Å²) >= 11 is 5.92. The summed E-state index contributed by atoms with van der Waals surface area (Å²) in [6, 6.07) is -0.732. The van der Waals surface area contributed by atoms with Crippen molar-refractivity contribution in [1.29, 1.82) is 0 Å². The van der Waals surface area contributed by atoms with Gasteiger partial charge in [-0.2, -0.15) is 5.10 Å². The third-order valence-corrected chi connectivity index (χ3v) is 2.58. The molecule has 14 heavy (non-hydrogen) atoms. The minimum absolute atomic E-state index is 0.259. The van der Waals surface area contributed by atoms with E-state index < -0.39 is 11.9 Å². The van der Waals surface area contributed by atoms with Crippen LogP contribution in [0.1, 0.15) is 11.4 Å². The first-order valence-corrected chi connectivity index (χ1v) is 4.55. The average molecular weight is 217 g/mol. The number of aryl methyl sites for hydroxylation is 1. The van der Waals surface area contributed by atoms with Crippen LogP contribution in [0.25, 0.3) is 0 Å². The Labute approximate surface area is 87.0 Å². The van der Waals surface area contributed by atoms with E-state index in [1.165, 1.54) is 0 Å². The maximum Gasteiger partial charge on any atom is 0.236 e. The minimum atomic E-state index is -0.732. The van der Waals surface area contributed by atoms with Gasteiger partial charge >= 0.3 is 0 Å². The highest BCUT2D eigenvalue weighted by atomic mass is 35.5. The highest BCUT2D eigenvalue weighted by Gasteiger charge is 2.14. The predicted molar refractivity (Wildman–Crippen MR) is 53.9 cm³/mol. The van der Waals surface area contributed by atoms with E-state index in [1.807, 2.05) is 6.92 Å². The molecule has 1 atom stereocenters. The second-order valence-corrected chi connectivity index (χ2v) is 3.55. The Hall–Kier alpha value is -1.07. The second-order valence-electron chi connectivity index (χ2n) is 3.18. The molecule has 1 aromatic rings. The fraction of sp³-hybridized carbons (Fsp3) is 0.500. The molecule has 0 saturated heterocycles. The lowest BCUT2D eigenvalue weighted by molar-refractivity contribution is -0.119. The normalized spacial score (nSPS) is 12.9. The number of hydrogen-bond donors (Lipinski definition) is 2. The van der Waals surface area contributed by atoms with Crippen molar-refractivity contribution in [3.63, 3.8) is 0 Å². The number of primary amides is 1. The molecule has 0 aliphatic carbocycles. The average Bonchev–Trinajstić information content (AvgIpc) is 2.33. The van der Waals surface area contributed by atoms with Crippen molar-refractivity contribution in [2.45, 2.75) is 26.4 Å². The lowest BCUT2D eigenvalue weighted by Crippen LogP contribution is -2.40. The van der Waals surface area contributed by atoms with E-state index in [2.05, 4.69) is 5.10 Å². The molecule has 0 aliphatic heterocycles. The topological polar surface area (TPSA) is 86.9 Å². The molecule has 5 nitrogen and oxygen atoms in total. The lowest BCUT2D eigenvalue weighted by atomic mass is 10.3. The zero-order valence-corrected chi connectivity index (χ0v) is 8.88. The molecular weight excluding hydrogens is 204 g/mol. The van der Waals surface area contributed by atoms with Crippen molar-refractivity contribution in [3.8, 4) is 0 Å². The van der Waals surface area contributed by atoms with Gasteiger partial charge in [-0.25, -0.2) is 0 Å². The molecule has 6 heteroatoms.